The molecular weight excluding hydrogens is 556 g/mol. The molecule has 8 nitrogen and oxygen atoms in total. The Morgan fingerprint density at radius 2 is 1.38 bits per heavy atom. The van der Waals surface area contributed by atoms with Gasteiger partial charge in [0.1, 0.15) is 0 Å². The standard InChI is InChI=1S/C17H28N4.C16H26N4.2C2H6/c1-14-13-19-17(20-14)21(11-7-6-10-18)15(2)12-16-8-4-3-5-9-16;17-10-4-7-13-20(14-15-8-2-1-3-9-15)16-18-11-5-6-12-19-16;2*1-2/h3-5,8-9,14-15H,6-7,10-13,18H2,1-2H3,(H,19,20);1-3,8-9H,4-7,10-14,17H2,(H,18,19);2*1-2H3. The van der Waals surface area contributed by atoms with E-state index >= 15 is 0 Å². The van der Waals surface area contributed by atoms with E-state index in [1.54, 1.807) is 0 Å². The minimum atomic E-state index is 0.432. The fourth-order valence-corrected chi connectivity index (χ4v) is 5.14. The summed E-state index contributed by atoms with van der Waals surface area (Å²) < 4.78 is 0. The molecular formula is C37H66N8. The van der Waals surface area contributed by atoms with E-state index < -0.39 is 0 Å². The first-order valence-corrected chi connectivity index (χ1v) is 17.7. The largest absolute Gasteiger partial charge is 0.356 e. The van der Waals surface area contributed by atoms with Crippen molar-refractivity contribution in [2.45, 2.75) is 105 Å². The van der Waals surface area contributed by atoms with Crippen LogP contribution in [0.5, 0.6) is 0 Å². The van der Waals surface area contributed by atoms with E-state index in [1.165, 1.54) is 24.0 Å². The van der Waals surface area contributed by atoms with Gasteiger partial charge in [0, 0.05) is 44.8 Å². The first-order valence-electron chi connectivity index (χ1n) is 17.7. The normalized spacial score (nSPS) is 15.9. The van der Waals surface area contributed by atoms with Crippen molar-refractivity contribution in [2.24, 2.45) is 21.5 Å². The summed E-state index contributed by atoms with van der Waals surface area (Å²) in [5.74, 6) is 2.12. The lowest BCUT2D eigenvalue weighted by Gasteiger charge is -2.31. The lowest BCUT2D eigenvalue weighted by atomic mass is 10.1. The summed E-state index contributed by atoms with van der Waals surface area (Å²) in [7, 11) is 0. The molecule has 0 aliphatic carbocycles. The van der Waals surface area contributed by atoms with E-state index in [2.05, 4.69) is 99.9 Å². The van der Waals surface area contributed by atoms with E-state index in [-0.39, 0.29) is 0 Å². The number of hydrogen-bond acceptors (Lipinski definition) is 8. The summed E-state index contributed by atoms with van der Waals surface area (Å²) in [5, 5.41) is 6.97. The van der Waals surface area contributed by atoms with Crippen molar-refractivity contribution in [2.75, 3.05) is 45.8 Å². The molecule has 2 aliphatic heterocycles. The average Bonchev–Trinajstić information content (AvgIpc) is 3.33. The van der Waals surface area contributed by atoms with Gasteiger partial charge >= 0.3 is 0 Å². The molecule has 0 amide bonds. The molecule has 2 aliphatic rings. The fourth-order valence-electron chi connectivity index (χ4n) is 5.14. The average molecular weight is 623 g/mol. The highest BCUT2D eigenvalue weighted by Gasteiger charge is 2.23. The Hall–Kier alpha value is -3.10. The van der Waals surface area contributed by atoms with Gasteiger partial charge in [-0.05, 0) is 83.0 Å². The van der Waals surface area contributed by atoms with Gasteiger partial charge < -0.3 is 31.9 Å². The summed E-state index contributed by atoms with van der Waals surface area (Å²) >= 11 is 0. The third-order valence-electron chi connectivity index (χ3n) is 7.45. The van der Waals surface area contributed by atoms with E-state index in [0.29, 0.717) is 12.1 Å². The van der Waals surface area contributed by atoms with E-state index in [0.717, 1.165) is 96.4 Å². The minimum absolute atomic E-state index is 0.432. The number of nitrogens with two attached hydrogens (primary N) is 2. The van der Waals surface area contributed by atoms with E-state index in [4.69, 9.17) is 16.5 Å². The zero-order valence-corrected chi connectivity index (χ0v) is 29.5. The maximum atomic E-state index is 5.63. The predicted octanol–water partition coefficient (Wildman–Crippen LogP) is 6.03. The molecule has 0 bridgehead atoms. The van der Waals surface area contributed by atoms with Crippen LogP contribution in [0.2, 0.25) is 0 Å². The van der Waals surface area contributed by atoms with Gasteiger partial charge in [-0.2, -0.15) is 0 Å². The molecule has 8 heteroatoms. The summed E-state index contributed by atoms with van der Waals surface area (Å²) in [6, 6.07) is 22.1. The third kappa shape index (κ3) is 16.7. The monoisotopic (exact) mass is 623 g/mol. The van der Waals surface area contributed by atoms with Crippen LogP contribution in [0, 0.1) is 0 Å². The second-order valence-corrected chi connectivity index (χ2v) is 11.2. The van der Waals surface area contributed by atoms with Gasteiger partial charge in [-0.25, -0.2) is 0 Å². The number of unbranched alkanes of at least 4 members (excludes halogenated alkanes) is 2. The molecule has 2 unspecified atom stereocenters. The summed E-state index contributed by atoms with van der Waals surface area (Å²) in [6.07, 6.45) is 7.79. The molecule has 2 aromatic carbocycles. The second-order valence-electron chi connectivity index (χ2n) is 11.2. The van der Waals surface area contributed by atoms with Crippen LogP contribution in [-0.4, -0.2) is 79.6 Å². The van der Waals surface area contributed by atoms with Crippen LogP contribution >= 0.6 is 0 Å². The molecule has 0 saturated carbocycles. The van der Waals surface area contributed by atoms with Gasteiger partial charge in [0.05, 0.1) is 6.54 Å². The van der Waals surface area contributed by atoms with Gasteiger partial charge in [-0.1, -0.05) is 88.4 Å². The number of nitrogens with zero attached hydrogens (tertiary/aromatic N) is 4. The number of hydrogen-bond donors (Lipinski definition) is 4. The van der Waals surface area contributed by atoms with Crippen molar-refractivity contribution >= 4 is 11.9 Å². The van der Waals surface area contributed by atoms with Crippen LogP contribution in [-0.2, 0) is 13.0 Å². The van der Waals surface area contributed by atoms with Crippen LogP contribution in [0.3, 0.4) is 0 Å². The Kier molecular flexibility index (Phi) is 23.2. The van der Waals surface area contributed by atoms with Crippen LogP contribution in [0.15, 0.2) is 70.6 Å². The molecule has 2 heterocycles. The van der Waals surface area contributed by atoms with Crippen molar-refractivity contribution in [3.05, 3.63) is 71.8 Å². The molecule has 45 heavy (non-hydrogen) atoms. The topological polar surface area (TPSA) is 107 Å². The molecule has 0 radical (unpaired) electrons. The quantitative estimate of drug-likeness (QED) is 0.203. The molecule has 0 aromatic heterocycles. The van der Waals surface area contributed by atoms with Crippen LogP contribution in [0.1, 0.15) is 91.2 Å². The van der Waals surface area contributed by atoms with Crippen molar-refractivity contribution in [1.29, 1.82) is 0 Å². The van der Waals surface area contributed by atoms with Crippen LogP contribution in [0.25, 0.3) is 0 Å². The van der Waals surface area contributed by atoms with Crippen LogP contribution in [0.4, 0.5) is 0 Å². The second kappa shape index (κ2) is 26.1. The number of guanidine groups is 2. The number of nitrogens with one attached hydrogen (secondary N) is 2. The summed E-state index contributed by atoms with van der Waals surface area (Å²) in [5.41, 5.74) is 13.9. The summed E-state index contributed by atoms with van der Waals surface area (Å²) in [4.78, 5) is 14.1. The highest BCUT2D eigenvalue weighted by molar-refractivity contribution is 5.82. The maximum Gasteiger partial charge on any atom is 0.194 e. The molecule has 0 saturated heterocycles. The smallest absolute Gasteiger partial charge is 0.194 e. The maximum absolute atomic E-state index is 5.63. The number of rotatable bonds is 13. The molecule has 6 N–H and O–H groups in total. The zero-order chi connectivity index (χ0) is 33.1. The number of aliphatic imine (C=N–C) groups is 2. The van der Waals surface area contributed by atoms with Crippen molar-refractivity contribution in [3.63, 3.8) is 0 Å². The lowest BCUT2D eigenvalue weighted by molar-refractivity contribution is 0.312. The van der Waals surface area contributed by atoms with Crippen molar-refractivity contribution in [1.82, 2.24) is 20.4 Å². The molecule has 4 rings (SSSR count). The number of benzene rings is 2. The Balaban J connectivity index is 0.000000406. The molecule has 0 spiro atoms. The van der Waals surface area contributed by atoms with Crippen molar-refractivity contribution < 1.29 is 0 Å². The van der Waals surface area contributed by atoms with Gasteiger partial charge in [-0.3, -0.25) is 9.98 Å². The van der Waals surface area contributed by atoms with Gasteiger partial charge in [0.15, 0.2) is 11.9 Å². The first kappa shape index (κ1) is 39.9. The third-order valence-corrected chi connectivity index (χ3v) is 7.45. The van der Waals surface area contributed by atoms with Gasteiger partial charge in [0.25, 0.3) is 0 Å². The van der Waals surface area contributed by atoms with E-state index in [1.807, 2.05) is 27.7 Å². The molecule has 2 aromatic rings. The zero-order valence-electron chi connectivity index (χ0n) is 29.5. The van der Waals surface area contributed by atoms with Crippen LogP contribution < -0.4 is 22.1 Å². The Bertz CT molecular complexity index is 1010. The molecule has 2 atom stereocenters. The minimum Gasteiger partial charge on any atom is -0.356 e. The van der Waals surface area contributed by atoms with E-state index in [9.17, 15) is 0 Å². The predicted molar refractivity (Wildman–Crippen MR) is 197 cm³/mol. The highest BCUT2D eigenvalue weighted by atomic mass is 15.3. The SMILES string of the molecule is CC.CC.CC1CN=C(N(CCCCN)C(C)Cc2ccccc2)N1.NCCCCN(Cc1ccccc1)C1=NCCCCN1. The Morgan fingerprint density at radius 3 is 1.96 bits per heavy atom. The molecule has 254 valence electrons. The van der Waals surface area contributed by atoms with Gasteiger partial charge in [0.2, 0.25) is 0 Å². The molecule has 0 fully saturated rings. The Labute approximate surface area is 276 Å². The Morgan fingerprint density at radius 1 is 0.778 bits per heavy atom. The summed E-state index contributed by atoms with van der Waals surface area (Å²) in [6.45, 7) is 19.8. The lowest BCUT2D eigenvalue weighted by Crippen LogP contribution is -2.47. The fraction of sp³-hybridized carbons (Fsp3) is 0.622. The highest BCUT2D eigenvalue weighted by Crippen LogP contribution is 2.13. The van der Waals surface area contributed by atoms with Gasteiger partial charge in [-0.15, -0.1) is 0 Å². The van der Waals surface area contributed by atoms with Crippen molar-refractivity contribution in [3.8, 4) is 0 Å². The first-order chi connectivity index (χ1) is 22.1.